The fourth-order valence-corrected chi connectivity index (χ4v) is 4.97. The molecule has 1 atom stereocenters. The van der Waals surface area contributed by atoms with Crippen molar-refractivity contribution in [3.8, 4) is 0 Å². The number of fused-ring (bicyclic) bond motifs is 1. The second-order valence-electron chi connectivity index (χ2n) is 6.80. The summed E-state index contributed by atoms with van der Waals surface area (Å²) >= 11 is 1.88. The van der Waals surface area contributed by atoms with Crippen molar-refractivity contribution in [2.45, 2.75) is 32.2 Å². The highest BCUT2D eigenvalue weighted by Crippen LogP contribution is 2.35. The van der Waals surface area contributed by atoms with Crippen LogP contribution in [0.4, 0.5) is 0 Å². The fraction of sp³-hybridized carbons (Fsp3) is 0.400. The minimum atomic E-state index is -0.146. The first-order valence-electron chi connectivity index (χ1n) is 8.91. The molecule has 0 spiro atoms. The van der Waals surface area contributed by atoms with Gasteiger partial charge in [-0.1, -0.05) is 12.1 Å². The lowest BCUT2D eigenvalue weighted by molar-refractivity contribution is 0.0646. The number of benzene rings is 1. The monoisotopic (exact) mass is 354 g/mol. The molecule has 5 heteroatoms. The van der Waals surface area contributed by atoms with Crippen molar-refractivity contribution in [2.75, 3.05) is 19.6 Å². The molecule has 3 heterocycles. The summed E-state index contributed by atoms with van der Waals surface area (Å²) in [5.41, 5.74) is 1.08. The lowest BCUT2D eigenvalue weighted by Gasteiger charge is -2.24. The van der Waals surface area contributed by atoms with Crippen LogP contribution in [0.2, 0.25) is 0 Å². The Kier molecular flexibility index (Phi) is 4.44. The van der Waals surface area contributed by atoms with Crippen LogP contribution < -0.4 is 0 Å². The topological polar surface area (TPSA) is 40.6 Å². The molecule has 0 aliphatic carbocycles. The molecule has 0 bridgehead atoms. The molecule has 2 amide bonds. The van der Waals surface area contributed by atoms with E-state index in [9.17, 15) is 9.59 Å². The van der Waals surface area contributed by atoms with E-state index in [-0.39, 0.29) is 11.8 Å². The van der Waals surface area contributed by atoms with Gasteiger partial charge in [0.25, 0.3) is 11.8 Å². The van der Waals surface area contributed by atoms with Crippen molar-refractivity contribution in [1.29, 1.82) is 0 Å². The summed E-state index contributed by atoms with van der Waals surface area (Å²) in [6.07, 6.45) is 3.24. The average molecular weight is 354 g/mol. The van der Waals surface area contributed by atoms with Gasteiger partial charge in [-0.25, -0.2) is 0 Å². The van der Waals surface area contributed by atoms with Crippen molar-refractivity contribution >= 4 is 23.2 Å². The summed E-state index contributed by atoms with van der Waals surface area (Å²) < 4.78 is 0. The quantitative estimate of drug-likeness (QED) is 0.765. The number of carbonyl (C=O) groups excluding carboxylic acids is 2. The predicted octanol–water partition coefficient (Wildman–Crippen LogP) is 3.88. The van der Waals surface area contributed by atoms with Gasteiger partial charge in [0.1, 0.15) is 0 Å². The standard InChI is InChI=1S/C20H22N2O2S/c1-14-9-10-18(25-14)17-8-4-11-21(17)12-5-13-22-19(23)15-6-2-3-7-16(15)20(22)24/h2-3,6-7,9-10,17H,4-5,8,11-13H2,1H3. The number of aryl methyl sites for hydroxylation is 1. The van der Waals surface area contributed by atoms with Crippen LogP contribution in [0.5, 0.6) is 0 Å². The zero-order valence-corrected chi connectivity index (χ0v) is 15.2. The van der Waals surface area contributed by atoms with Crippen LogP contribution in [-0.4, -0.2) is 41.2 Å². The van der Waals surface area contributed by atoms with Crippen molar-refractivity contribution < 1.29 is 9.59 Å². The summed E-state index contributed by atoms with van der Waals surface area (Å²) in [7, 11) is 0. The van der Waals surface area contributed by atoms with Gasteiger partial charge in [-0.15, -0.1) is 11.3 Å². The summed E-state index contributed by atoms with van der Waals surface area (Å²) in [6, 6.07) is 12.0. The van der Waals surface area contributed by atoms with E-state index in [0.29, 0.717) is 23.7 Å². The minimum absolute atomic E-state index is 0.146. The van der Waals surface area contributed by atoms with E-state index in [4.69, 9.17) is 0 Å². The van der Waals surface area contributed by atoms with E-state index in [1.54, 1.807) is 12.1 Å². The zero-order valence-electron chi connectivity index (χ0n) is 14.4. The van der Waals surface area contributed by atoms with Crippen LogP contribution in [-0.2, 0) is 0 Å². The van der Waals surface area contributed by atoms with Gasteiger partial charge in [0.05, 0.1) is 11.1 Å². The number of thiophene rings is 1. The maximum atomic E-state index is 12.4. The molecule has 1 aromatic carbocycles. The Morgan fingerprint density at radius 2 is 1.76 bits per heavy atom. The molecule has 0 N–H and O–H groups in total. The molecule has 2 aromatic rings. The first-order valence-corrected chi connectivity index (χ1v) is 9.72. The number of rotatable bonds is 5. The van der Waals surface area contributed by atoms with Gasteiger partial charge in [0, 0.05) is 28.9 Å². The van der Waals surface area contributed by atoms with Crippen LogP contribution in [0, 0.1) is 6.92 Å². The van der Waals surface area contributed by atoms with E-state index in [2.05, 4.69) is 24.0 Å². The third-order valence-electron chi connectivity index (χ3n) is 5.16. The molecule has 1 aromatic heterocycles. The smallest absolute Gasteiger partial charge is 0.261 e. The minimum Gasteiger partial charge on any atom is -0.295 e. The van der Waals surface area contributed by atoms with E-state index < -0.39 is 0 Å². The average Bonchev–Trinajstić information content (AvgIpc) is 3.30. The third kappa shape index (κ3) is 3.02. The molecule has 0 radical (unpaired) electrons. The van der Waals surface area contributed by atoms with Gasteiger partial charge in [-0.3, -0.25) is 19.4 Å². The highest BCUT2D eigenvalue weighted by atomic mass is 32.1. The van der Waals surface area contributed by atoms with Crippen LogP contribution in [0.3, 0.4) is 0 Å². The van der Waals surface area contributed by atoms with Crippen LogP contribution in [0.1, 0.15) is 55.8 Å². The zero-order chi connectivity index (χ0) is 17.4. The number of nitrogens with zero attached hydrogens (tertiary/aromatic N) is 2. The SMILES string of the molecule is Cc1ccc(C2CCCN2CCCN2C(=O)c3ccccc3C2=O)s1. The van der Waals surface area contributed by atoms with Crippen LogP contribution in [0.15, 0.2) is 36.4 Å². The molecule has 2 aliphatic heterocycles. The van der Waals surface area contributed by atoms with E-state index in [1.165, 1.54) is 27.5 Å². The number of likely N-dealkylation sites (tertiary alicyclic amines) is 1. The largest absolute Gasteiger partial charge is 0.295 e. The number of imide groups is 1. The maximum Gasteiger partial charge on any atom is 0.261 e. The molecule has 4 rings (SSSR count). The number of carbonyl (C=O) groups is 2. The summed E-state index contributed by atoms with van der Waals surface area (Å²) in [5.74, 6) is -0.292. The third-order valence-corrected chi connectivity index (χ3v) is 6.26. The van der Waals surface area contributed by atoms with Gasteiger partial charge in [0.15, 0.2) is 0 Å². The van der Waals surface area contributed by atoms with Crippen molar-refractivity contribution in [2.24, 2.45) is 0 Å². The van der Waals surface area contributed by atoms with Crippen molar-refractivity contribution in [1.82, 2.24) is 9.80 Å². The molecule has 1 fully saturated rings. The normalized spacial score (nSPS) is 20.5. The van der Waals surface area contributed by atoms with Gasteiger partial charge in [-0.05, 0) is 57.0 Å². The Labute approximate surface area is 152 Å². The first kappa shape index (κ1) is 16.5. The van der Waals surface area contributed by atoms with Gasteiger partial charge in [-0.2, -0.15) is 0 Å². The van der Waals surface area contributed by atoms with Crippen molar-refractivity contribution in [3.63, 3.8) is 0 Å². The van der Waals surface area contributed by atoms with Gasteiger partial charge >= 0.3 is 0 Å². The van der Waals surface area contributed by atoms with E-state index in [0.717, 1.165) is 19.5 Å². The summed E-state index contributed by atoms with van der Waals surface area (Å²) in [4.78, 5) is 31.5. The molecule has 1 saturated heterocycles. The highest BCUT2D eigenvalue weighted by molar-refractivity contribution is 7.12. The molecule has 25 heavy (non-hydrogen) atoms. The highest BCUT2D eigenvalue weighted by Gasteiger charge is 2.35. The Balaban J connectivity index is 1.37. The lowest BCUT2D eigenvalue weighted by Crippen LogP contribution is -2.33. The van der Waals surface area contributed by atoms with E-state index in [1.807, 2.05) is 23.5 Å². The second kappa shape index (κ2) is 6.73. The number of amides is 2. The molecule has 4 nitrogen and oxygen atoms in total. The van der Waals surface area contributed by atoms with Gasteiger partial charge in [0.2, 0.25) is 0 Å². The number of hydrogen-bond donors (Lipinski definition) is 0. The van der Waals surface area contributed by atoms with Crippen LogP contribution >= 0.6 is 11.3 Å². The Morgan fingerprint density at radius 1 is 1.04 bits per heavy atom. The van der Waals surface area contributed by atoms with Gasteiger partial charge < -0.3 is 0 Å². The Bertz CT molecular complexity index is 779. The molecular formula is C20H22N2O2S. The molecule has 0 saturated carbocycles. The number of hydrogen-bond acceptors (Lipinski definition) is 4. The Morgan fingerprint density at radius 3 is 2.40 bits per heavy atom. The first-order chi connectivity index (χ1) is 12.1. The fourth-order valence-electron chi connectivity index (χ4n) is 3.92. The van der Waals surface area contributed by atoms with Crippen molar-refractivity contribution in [3.05, 3.63) is 57.3 Å². The predicted molar refractivity (Wildman–Crippen MR) is 99.0 cm³/mol. The van der Waals surface area contributed by atoms with E-state index >= 15 is 0 Å². The lowest BCUT2D eigenvalue weighted by atomic mass is 10.1. The molecule has 130 valence electrons. The molecule has 1 unspecified atom stereocenters. The molecule has 2 aliphatic rings. The Hall–Kier alpha value is -1.98. The molecular weight excluding hydrogens is 332 g/mol. The van der Waals surface area contributed by atoms with Crippen LogP contribution in [0.25, 0.3) is 0 Å². The second-order valence-corrected chi connectivity index (χ2v) is 8.12. The summed E-state index contributed by atoms with van der Waals surface area (Å²) in [6.45, 7) is 4.67. The maximum absolute atomic E-state index is 12.4. The summed E-state index contributed by atoms with van der Waals surface area (Å²) in [5, 5.41) is 0.